The summed E-state index contributed by atoms with van der Waals surface area (Å²) in [5, 5.41) is 1.38. The molecular weight excluding hydrogens is 311 g/mol. The van der Waals surface area contributed by atoms with Gasteiger partial charge in [-0.05, 0) is 53.9 Å². The Hall–Kier alpha value is -1.76. The number of benzene rings is 3. The highest BCUT2D eigenvalue weighted by Crippen LogP contribution is 2.42. The molecule has 0 saturated carbocycles. The highest BCUT2D eigenvalue weighted by atomic mass is 35.5. The maximum Gasteiger partial charge on any atom is 0.0451 e. The van der Waals surface area contributed by atoms with E-state index in [2.05, 4.69) is 43.3 Å². The highest BCUT2D eigenvalue weighted by molar-refractivity contribution is 6.33. The van der Waals surface area contributed by atoms with Crippen molar-refractivity contribution in [1.82, 2.24) is 0 Å². The number of rotatable bonds is 3. The molecule has 0 aromatic heterocycles. The van der Waals surface area contributed by atoms with Crippen LogP contribution in [-0.2, 0) is 5.41 Å². The van der Waals surface area contributed by atoms with Gasteiger partial charge in [-0.25, -0.2) is 0 Å². The molecule has 3 aromatic carbocycles. The molecule has 108 valence electrons. The summed E-state index contributed by atoms with van der Waals surface area (Å²) < 4.78 is 0. The molecule has 3 aromatic rings. The monoisotopic (exact) mass is 324 g/mol. The van der Waals surface area contributed by atoms with Crippen LogP contribution in [0.1, 0.15) is 23.6 Å². The molecule has 0 aliphatic carbocycles. The minimum absolute atomic E-state index is 0.397. The second-order valence-electron chi connectivity index (χ2n) is 5.33. The van der Waals surface area contributed by atoms with E-state index in [4.69, 9.17) is 23.2 Å². The van der Waals surface area contributed by atoms with Gasteiger partial charge in [0.25, 0.3) is 0 Å². The van der Waals surface area contributed by atoms with Crippen molar-refractivity contribution in [2.75, 3.05) is 0 Å². The Morgan fingerprint density at radius 3 is 1.77 bits per heavy atom. The van der Waals surface area contributed by atoms with Crippen LogP contribution in [0.2, 0.25) is 10.0 Å². The topological polar surface area (TPSA) is 0 Å². The molecule has 2 radical (unpaired) electrons. The lowest BCUT2D eigenvalue weighted by molar-refractivity contribution is 0.693. The van der Waals surface area contributed by atoms with E-state index in [1.807, 2.05) is 42.5 Å². The van der Waals surface area contributed by atoms with Gasteiger partial charge in [0, 0.05) is 15.5 Å². The molecule has 0 amide bonds. The summed E-state index contributed by atoms with van der Waals surface area (Å²) in [6.45, 7) is 2.16. The molecular formula is C20H14Cl2. The minimum Gasteiger partial charge on any atom is -0.0843 e. The van der Waals surface area contributed by atoms with Crippen molar-refractivity contribution >= 4 is 23.2 Å². The van der Waals surface area contributed by atoms with Crippen LogP contribution in [0.5, 0.6) is 0 Å². The third-order valence-corrected chi connectivity index (χ3v) is 4.62. The van der Waals surface area contributed by atoms with Crippen LogP contribution < -0.4 is 0 Å². The molecule has 0 aliphatic rings. The maximum absolute atomic E-state index is 6.51. The molecule has 3 rings (SSSR count). The Labute approximate surface area is 141 Å². The quantitative estimate of drug-likeness (QED) is 0.522. The van der Waals surface area contributed by atoms with Crippen molar-refractivity contribution in [3.05, 3.63) is 106 Å². The van der Waals surface area contributed by atoms with E-state index in [0.717, 1.165) is 16.7 Å². The van der Waals surface area contributed by atoms with Crippen molar-refractivity contribution in [3.8, 4) is 0 Å². The van der Waals surface area contributed by atoms with Crippen LogP contribution in [0.15, 0.2) is 66.7 Å². The molecule has 0 aliphatic heterocycles. The Bertz CT molecular complexity index is 725. The zero-order valence-corrected chi connectivity index (χ0v) is 13.6. The Balaban J connectivity index is 2.31. The first kappa shape index (κ1) is 15.1. The van der Waals surface area contributed by atoms with Crippen molar-refractivity contribution in [1.29, 1.82) is 0 Å². The third kappa shape index (κ3) is 2.65. The molecule has 0 bridgehead atoms. The van der Waals surface area contributed by atoms with Crippen LogP contribution in [0.3, 0.4) is 0 Å². The van der Waals surface area contributed by atoms with E-state index >= 15 is 0 Å². The summed E-state index contributed by atoms with van der Waals surface area (Å²) in [4.78, 5) is 0. The second kappa shape index (κ2) is 6.16. The minimum atomic E-state index is -0.397. The van der Waals surface area contributed by atoms with Gasteiger partial charge in [0.2, 0.25) is 0 Å². The molecule has 0 saturated heterocycles. The SMILES string of the molecule is CC(c1cc[c]cc1)(c1cc[c]cc1)c1cc(Cl)ccc1Cl. The summed E-state index contributed by atoms with van der Waals surface area (Å²) in [6.07, 6.45) is 0. The fraction of sp³-hybridized carbons (Fsp3) is 0.100. The van der Waals surface area contributed by atoms with E-state index in [1.165, 1.54) is 0 Å². The number of halogens is 2. The van der Waals surface area contributed by atoms with Gasteiger partial charge >= 0.3 is 0 Å². The molecule has 2 heteroatoms. The predicted octanol–water partition coefficient (Wildman–Crippen LogP) is 5.95. The van der Waals surface area contributed by atoms with Crippen LogP contribution in [0.4, 0.5) is 0 Å². The van der Waals surface area contributed by atoms with Gasteiger partial charge < -0.3 is 0 Å². The van der Waals surface area contributed by atoms with E-state index in [9.17, 15) is 0 Å². The summed E-state index contributed by atoms with van der Waals surface area (Å²) >= 11 is 12.7. The Morgan fingerprint density at radius 2 is 1.27 bits per heavy atom. The summed E-state index contributed by atoms with van der Waals surface area (Å²) in [7, 11) is 0. The van der Waals surface area contributed by atoms with E-state index < -0.39 is 5.41 Å². The smallest absolute Gasteiger partial charge is 0.0451 e. The van der Waals surface area contributed by atoms with Crippen LogP contribution >= 0.6 is 23.2 Å². The fourth-order valence-corrected chi connectivity index (χ4v) is 3.28. The van der Waals surface area contributed by atoms with Gasteiger partial charge in [0.15, 0.2) is 0 Å². The molecule has 0 unspecified atom stereocenters. The molecule has 0 fully saturated rings. The van der Waals surface area contributed by atoms with Gasteiger partial charge in [-0.15, -0.1) is 0 Å². The zero-order valence-electron chi connectivity index (χ0n) is 12.1. The van der Waals surface area contributed by atoms with Crippen molar-refractivity contribution < 1.29 is 0 Å². The summed E-state index contributed by atoms with van der Waals surface area (Å²) in [5.74, 6) is 0. The van der Waals surface area contributed by atoms with Gasteiger partial charge in [-0.2, -0.15) is 0 Å². The maximum atomic E-state index is 6.51. The van der Waals surface area contributed by atoms with Crippen LogP contribution in [-0.4, -0.2) is 0 Å². The highest BCUT2D eigenvalue weighted by Gasteiger charge is 2.33. The molecule has 0 heterocycles. The lowest BCUT2D eigenvalue weighted by atomic mass is 9.71. The molecule has 0 spiro atoms. The van der Waals surface area contributed by atoms with Crippen molar-refractivity contribution in [2.24, 2.45) is 0 Å². The van der Waals surface area contributed by atoms with E-state index in [0.29, 0.717) is 10.0 Å². The molecule has 0 N–H and O–H groups in total. The van der Waals surface area contributed by atoms with E-state index in [1.54, 1.807) is 0 Å². The first-order chi connectivity index (χ1) is 10.6. The first-order valence-corrected chi connectivity index (χ1v) is 7.76. The number of hydrogen-bond donors (Lipinski definition) is 0. The van der Waals surface area contributed by atoms with Crippen LogP contribution in [0.25, 0.3) is 0 Å². The van der Waals surface area contributed by atoms with Crippen molar-refractivity contribution in [2.45, 2.75) is 12.3 Å². The van der Waals surface area contributed by atoms with Gasteiger partial charge in [-0.1, -0.05) is 71.7 Å². The molecule has 22 heavy (non-hydrogen) atoms. The van der Waals surface area contributed by atoms with E-state index in [-0.39, 0.29) is 0 Å². The lowest BCUT2D eigenvalue weighted by Gasteiger charge is -2.32. The van der Waals surface area contributed by atoms with Gasteiger partial charge in [0.05, 0.1) is 0 Å². The Morgan fingerprint density at radius 1 is 0.773 bits per heavy atom. The average Bonchev–Trinajstić information content (AvgIpc) is 2.58. The lowest BCUT2D eigenvalue weighted by Crippen LogP contribution is -2.25. The second-order valence-corrected chi connectivity index (χ2v) is 6.17. The van der Waals surface area contributed by atoms with Crippen LogP contribution in [0, 0.1) is 12.1 Å². The largest absolute Gasteiger partial charge is 0.0843 e. The fourth-order valence-electron chi connectivity index (χ4n) is 2.80. The van der Waals surface area contributed by atoms with Gasteiger partial charge in [-0.3, -0.25) is 0 Å². The standard InChI is InChI=1S/C20H14Cl2/c1-20(15-8-4-2-5-9-15,16-10-6-3-7-11-16)18-14-17(21)12-13-19(18)22/h4-14H,1H3. The van der Waals surface area contributed by atoms with Crippen molar-refractivity contribution in [3.63, 3.8) is 0 Å². The molecule has 0 atom stereocenters. The first-order valence-electron chi connectivity index (χ1n) is 7.01. The van der Waals surface area contributed by atoms with Gasteiger partial charge in [0.1, 0.15) is 0 Å². The Kier molecular flexibility index (Phi) is 4.24. The average molecular weight is 325 g/mol. The summed E-state index contributed by atoms with van der Waals surface area (Å²) in [5.41, 5.74) is 2.87. The number of hydrogen-bond acceptors (Lipinski definition) is 0. The zero-order chi connectivity index (χ0) is 15.6. The normalized spacial score (nSPS) is 11.4. The predicted molar refractivity (Wildman–Crippen MR) is 92.6 cm³/mol. The summed E-state index contributed by atoms with van der Waals surface area (Å²) in [6, 6.07) is 27.7. The molecule has 0 nitrogen and oxygen atoms in total. The third-order valence-electron chi connectivity index (χ3n) is 4.06.